The summed E-state index contributed by atoms with van der Waals surface area (Å²) in [7, 11) is 2.99. The van der Waals surface area contributed by atoms with E-state index < -0.39 is 28.7 Å². The number of thioether (sulfide) groups is 1. The maximum Gasteiger partial charge on any atom is 0.328 e. The second-order valence-corrected chi connectivity index (χ2v) is 10.4. The van der Waals surface area contributed by atoms with Gasteiger partial charge in [-0.3, -0.25) is 14.4 Å². The van der Waals surface area contributed by atoms with E-state index in [1.165, 1.54) is 7.11 Å². The highest BCUT2D eigenvalue weighted by Crippen LogP contribution is 2.32. The van der Waals surface area contributed by atoms with E-state index in [1.807, 2.05) is 26.0 Å². The Morgan fingerprint density at radius 2 is 1.69 bits per heavy atom. The van der Waals surface area contributed by atoms with Crippen LogP contribution in [-0.4, -0.2) is 67.2 Å². The van der Waals surface area contributed by atoms with E-state index in [9.17, 15) is 19.2 Å². The standard InChI is InChI=1S/C26H38N2O7S/c1-6-35-24(31)20(15-18-9-11-19(34-5)12-10-18)27-25(32)26(13-7-8-14-26)28-23(30)22(17(2)3)36-21(29)16-33-4/h9-12,17,20,22H,6-8,13-16H2,1-5H3,(H,27,32)(H,28,30)/t20-,22-/m0/s1. The molecule has 2 atom stereocenters. The number of amides is 2. The van der Waals surface area contributed by atoms with Gasteiger partial charge in [-0.2, -0.15) is 0 Å². The second kappa shape index (κ2) is 14.2. The van der Waals surface area contributed by atoms with Crippen molar-refractivity contribution in [1.82, 2.24) is 10.6 Å². The topological polar surface area (TPSA) is 120 Å². The maximum absolute atomic E-state index is 13.6. The molecule has 10 heteroatoms. The fourth-order valence-electron chi connectivity index (χ4n) is 4.21. The summed E-state index contributed by atoms with van der Waals surface area (Å²) in [5.41, 5.74) is -0.327. The Morgan fingerprint density at radius 3 is 2.22 bits per heavy atom. The number of nitrogens with one attached hydrogen (secondary N) is 2. The summed E-state index contributed by atoms with van der Waals surface area (Å²) in [4.78, 5) is 51.7. The van der Waals surface area contributed by atoms with E-state index in [1.54, 1.807) is 26.2 Å². The van der Waals surface area contributed by atoms with Gasteiger partial charge in [0.15, 0.2) is 0 Å². The molecule has 2 amide bonds. The average Bonchev–Trinajstić information content (AvgIpc) is 3.32. The minimum atomic E-state index is -1.15. The molecule has 2 rings (SSSR count). The van der Waals surface area contributed by atoms with Crippen molar-refractivity contribution in [2.75, 3.05) is 27.4 Å². The smallest absolute Gasteiger partial charge is 0.328 e. The van der Waals surface area contributed by atoms with E-state index in [4.69, 9.17) is 14.2 Å². The number of esters is 1. The van der Waals surface area contributed by atoms with Crippen molar-refractivity contribution in [3.8, 4) is 5.75 Å². The van der Waals surface area contributed by atoms with Gasteiger partial charge in [0, 0.05) is 13.5 Å². The minimum Gasteiger partial charge on any atom is -0.497 e. The van der Waals surface area contributed by atoms with E-state index in [2.05, 4.69) is 10.6 Å². The molecule has 0 radical (unpaired) electrons. The first kappa shape index (κ1) is 29.6. The van der Waals surface area contributed by atoms with Crippen LogP contribution in [0.4, 0.5) is 0 Å². The number of benzene rings is 1. The zero-order valence-corrected chi connectivity index (χ0v) is 22.6. The Balaban J connectivity index is 2.21. The SMILES string of the molecule is CCOC(=O)[C@H](Cc1ccc(OC)cc1)NC(=O)C1(NC(=O)[C@@H](SC(=O)COC)C(C)C)CCCC1. The van der Waals surface area contributed by atoms with E-state index >= 15 is 0 Å². The zero-order valence-electron chi connectivity index (χ0n) is 21.8. The fraction of sp³-hybridized carbons (Fsp3) is 0.615. The van der Waals surface area contributed by atoms with Crippen LogP contribution in [0, 0.1) is 5.92 Å². The largest absolute Gasteiger partial charge is 0.497 e. The molecule has 0 heterocycles. The Hall–Kier alpha value is -2.59. The zero-order chi connectivity index (χ0) is 26.7. The van der Waals surface area contributed by atoms with Crippen molar-refractivity contribution in [3.63, 3.8) is 0 Å². The van der Waals surface area contributed by atoms with Crippen molar-refractivity contribution in [3.05, 3.63) is 29.8 Å². The van der Waals surface area contributed by atoms with Crippen LogP contribution in [0.5, 0.6) is 5.75 Å². The van der Waals surface area contributed by atoms with Crippen LogP contribution in [0.2, 0.25) is 0 Å². The lowest BCUT2D eigenvalue weighted by molar-refractivity contribution is -0.148. The number of carbonyl (C=O) groups excluding carboxylic acids is 4. The molecule has 1 saturated carbocycles. The van der Waals surface area contributed by atoms with Crippen LogP contribution < -0.4 is 15.4 Å². The first-order valence-corrected chi connectivity index (χ1v) is 13.1. The molecule has 1 aromatic carbocycles. The van der Waals surface area contributed by atoms with E-state index in [0.29, 0.717) is 18.6 Å². The van der Waals surface area contributed by atoms with Crippen molar-refractivity contribution in [1.29, 1.82) is 0 Å². The van der Waals surface area contributed by atoms with Crippen molar-refractivity contribution < 1.29 is 33.4 Å². The number of methoxy groups -OCH3 is 2. The van der Waals surface area contributed by atoms with E-state index in [0.717, 1.165) is 30.2 Å². The molecule has 9 nitrogen and oxygen atoms in total. The Morgan fingerprint density at radius 1 is 1.06 bits per heavy atom. The molecule has 1 fully saturated rings. The van der Waals surface area contributed by atoms with Crippen LogP contribution in [0.3, 0.4) is 0 Å². The summed E-state index contributed by atoms with van der Waals surface area (Å²) in [5, 5.41) is 4.87. The van der Waals surface area contributed by atoms with Crippen molar-refractivity contribution in [2.24, 2.45) is 5.92 Å². The minimum absolute atomic E-state index is 0.0978. The molecule has 0 aliphatic heterocycles. The number of ether oxygens (including phenoxy) is 3. The number of rotatable bonds is 13. The van der Waals surface area contributed by atoms with Crippen LogP contribution >= 0.6 is 11.8 Å². The van der Waals surface area contributed by atoms with Gasteiger partial charge >= 0.3 is 5.97 Å². The summed E-state index contributed by atoms with van der Waals surface area (Å²) in [6.45, 7) is 5.49. The van der Waals surface area contributed by atoms with Gasteiger partial charge in [-0.25, -0.2) is 4.79 Å². The third-order valence-electron chi connectivity index (χ3n) is 6.11. The van der Waals surface area contributed by atoms with E-state index in [-0.39, 0.29) is 36.6 Å². The molecule has 1 aliphatic rings. The molecule has 0 spiro atoms. The first-order chi connectivity index (χ1) is 17.2. The summed E-state index contributed by atoms with van der Waals surface area (Å²) in [5.74, 6) is -0.791. The predicted octanol–water partition coefficient (Wildman–Crippen LogP) is 2.65. The van der Waals surface area contributed by atoms with Gasteiger partial charge in [-0.15, -0.1) is 0 Å². The number of carbonyl (C=O) groups is 4. The molecule has 200 valence electrons. The number of hydrogen-bond donors (Lipinski definition) is 2. The second-order valence-electron chi connectivity index (χ2n) is 9.20. The van der Waals surface area contributed by atoms with Gasteiger partial charge in [-0.1, -0.05) is 50.6 Å². The quantitative estimate of drug-likeness (QED) is 0.380. The summed E-state index contributed by atoms with van der Waals surface area (Å²) < 4.78 is 15.3. The maximum atomic E-state index is 13.6. The van der Waals surface area contributed by atoms with Crippen LogP contribution in [0.25, 0.3) is 0 Å². The normalized spacial score (nSPS) is 16.2. The molecular formula is C26H38N2O7S. The van der Waals surface area contributed by atoms with Crippen molar-refractivity contribution >= 4 is 34.7 Å². The number of hydrogen-bond acceptors (Lipinski definition) is 8. The molecule has 1 aliphatic carbocycles. The van der Waals surface area contributed by atoms with Gasteiger partial charge in [0.2, 0.25) is 16.9 Å². The molecular weight excluding hydrogens is 484 g/mol. The third kappa shape index (κ3) is 8.23. The summed E-state index contributed by atoms with van der Waals surface area (Å²) in [6.07, 6.45) is 2.65. The molecule has 1 aromatic rings. The highest BCUT2D eigenvalue weighted by atomic mass is 32.2. The average molecular weight is 523 g/mol. The molecule has 0 saturated heterocycles. The van der Waals surface area contributed by atoms with Crippen LogP contribution in [0.1, 0.15) is 52.0 Å². The van der Waals surface area contributed by atoms with Gasteiger partial charge in [0.25, 0.3) is 0 Å². The van der Waals surface area contributed by atoms with Gasteiger partial charge in [0.05, 0.1) is 19.0 Å². The van der Waals surface area contributed by atoms with Crippen LogP contribution in [-0.2, 0) is 35.1 Å². The Kier molecular flexibility index (Phi) is 11.7. The predicted molar refractivity (Wildman–Crippen MR) is 138 cm³/mol. The Labute approximate surface area is 217 Å². The lowest BCUT2D eigenvalue weighted by Gasteiger charge is -2.33. The summed E-state index contributed by atoms with van der Waals surface area (Å²) >= 11 is 0.917. The molecule has 0 unspecified atom stereocenters. The Bertz CT molecular complexity index is 898. The summed E-state index contributed by atoms with van der Waals surface area (Å²) in [6, 6.07) is 6.30. The van der Waals surface area contributed by atoms with Gasteiger partial charge < -0.3 is 24.8 Å². The fourth-order valence-corrected chi connectivity index (χ4v) is 5.12. The highest BCUT2D eigenvalue weighted by molar-refractivity contribution is 8.14. The molecule has 0 bridgehead atoms. The highest BCUT2D eigenvalue weighted by Gasteiger charge is 2.45. The molecule has 2 N–H and O–H groups in total. The van der Waals surface area contributed by atoms with Gasteiger partial charge in [-0.05, 0) is 43.4 Å². The first-order valence-electron chi connectivity index (χ1n) is 12.3. The molecule has 0 aromatic heterocycles. The third-order valence-corrected chi connectivity index (χ3v) is 7.51. The lowest BCUT2D eigenvalue weighted by Crippen LogP contribution is -2.61. The monoisotopic (exact) mass is 522 g/mol. The van der Waals surface area contributed by atoms with Gasteiger partial charge in [0.1, 0.15) is 23.9 Å². The molecule has 36 heavy (non-hydrogen) atoms. The van der Waals surface area contributed by atoms with Crippen molar-refractivity contribution in [2.45, 2.75) is 69.7 Å². The van der Waals surface area contributed by atoms with Crippen LogP contribution in [0.15, 0.2) is 24.3 Å². The lowest BCUT2D eigenvalue weighted by atomic mass is 9.94.